The highest BCUT2D eigenvalue weighted by molar-refractivity contribution is 5.91. The second kappa shape index (κ2) is 5.00. The number of carbonyl (C=O) groups is 1. The van der Waals surface area contributed by atoms with E-state index < -0.39 is 5.97 Å². The lowest BCUT2D eigenvalue weighted by molar-refractivity contribution is 0.0696. The van der Waals surface area contributed by atoms with Gasteiger partial charge < -0.3 is 9.84 Å². The summed E-state index contributed by atoms with van der Waals surface area (Å²) in [6, 6.07) is 3.34. The highest BCUT2D eigenvalue weighted by Gasteiger charge is 2.09. The van der Waals surface area contributed by atoms with Crippen LogP contribution in [0.3, 0.4) is 0 Å². The van der Waals surface area contributed by atoms with E-state index in [-0.39, 0.29) is 5.56 Å². The Morgan fingerprint density at radius 3 is 2.89 bits per heavy atom. The van der Waals surface area contributed by atoms with Crippen molar-refractivity contribution in [2.45, 2.75) is 20.3 Å². The lowest BCUT2D eigenvalue weighted by Gasteiger charge is -2.08. The van der Waals surface area contributed by atoms with Gasteiger partial charge in [-0.1, -0.05) is 6.92 Å². The van der Waals surface area contributed by atoms with Gasteiger partial charge in [-0.2, -0.15) is 0 Å². The minimum atomic E-state index is -0.999. The van der Waals surface area contributed by atoms with E-state index in [2.05, 4.69) is 9.97 Å². The molecule has 2 heterocycles. The number of aryl methyl sites for hydroxylation is 1. The van der Waals surface area contributed by atoms with E-state index in [9.17, 15) is 4.79 Å². The van der Waals surface area contributed by atoms with E-state index in [1.54, 1.807) is 12.1 Å². The van der Waals surface area contributed by atoms with Gasteiger partial charge in [0.1, 0.15) is 5.75 Å². The quantitative estimate of drug-likeness (QED) is 0.896. The molecule has 0 aliphatic heterocycles. The first-order valence-electron chi connectivity index (χ1n) is 5.75. The van der Waals surface area contributed by atoms with Crippen LogP contribution < -0.4 is 4.74 Å². The minimum Gasteiger partial charge on any atom is -0.492 e. The molecule has 0 bridgehead atoms. The highest BCUT2D eigenvalue weighted by atomic mass is 16.5. The van der Waals surface area contributed by atoms with Crippen LogP contribution in [-0.4, -0.2) is 27.7 Å². The maximum absolute atomic E-state index is 10.9. The monoisotopic (exact) mass is 246 g/mol. The number of fused-ring (bicyclic) bond motifs is 1. The fraction of sp³-hybridized carbons (Fsp3) is 0.308. The molecule has 0 saturated carbocycles. The van der Waals surface area contributed by atoms with Crippen molar-refractivity contribution in [1.82, 2.24) is 9.97 Å². The molecule has 0 aliphatic carbocycles. The number of hydrogen-bond acceptors (Lipinski definition) is 4. The first kappa shape index (κ1) is 12.3. The molecule has 94 valence electrons. The predicted octanol–water partition coefficient (Wildman–Crippen LogP) is 2.43. The van der Waals surface area contributed by atoms with Gasteiger partial charge in [-0.3, -0.25) is 0 Å². The van der Waals surface area contributed by atoms with Crippen molar-refractivity contribution in [1.29, 1.82) is 0 Å². The maximum atomic E-state index is 10.9. The normalized spacial score (nSPS) is 10.6. The number of nitrogens with zero attached hydrogens (tertiary/aromatic N) is 2. The fourth-order valence-electron chi connectivity index (χ4n) is 1.61. The van der Waals surface area contributed by atoms with Crippen LogP contribution in [0.4, 0.5) is 0 Å². The average Bonchev–Trinajstić information content (AvgIpc) is 2.35. The fourth-order valence-corrected chi connectivity index (χ4v) is 1.61. The van der Waals surface area contributed by atoms with Crippen molar-refractivity contribution in [3.8, 4) is 5.75 Å². The van der Waals surface area contributed by atoms with Crippen molar-refractivity contribution in [2.24, 2.45) is 0 Å². The van der Waals surface area contributed by atoms with Crippen molar-refractivity contribution < 1.29 is 14.6 Å². The summed E-state index contributed by atoms with van der Waals surface area (Å²) in [7, 11) is 0. The van der Waals surface area contributed by atoms with Crippen molar-refractivity contribution in [3.05, 3.63) is 29.6 Å². The lowest BCUT2D eigenvalue weighted by atomic mass is 10.2. The van der Waals surface area contributed by atoms with E-state index in [0.29, 0.717) is 23.4 Å². The number of carboxylic acids is 1. The van der Waals surface area contributed by atoms with Gasteiger partial charge in [0.2, 0.25) is 0 Å². The van der Waals surface area contributed by atoms with Gasteiger partial charge in [-0.25, -0.2) is 14.8 Å². The number of hydrogen-bond donors (Lipinski definition) is 1. The van der Waals surface area contributed by atoms with Crippen LogP contribution in [-0.2, 0) is 0 Å². The Bertz CT molecular complexity index is 596. The van der Waals surface area contributed by atoms with E-state index >= 15 is 0 Å². The zero-order valence-corrected chi connectivity index (χ0v) is 10.3. The van der Waals surface area contributed by atoms with Gasteiger partial charge in [0.05, 0.1) is 17.9 Å². The molecular weight excluding hydrogens is 232 g/mol. The third-order valence-corrected chi connectivity index (χ3v) is 2.52. The molecule has 2 aromatic rings. The van der Waals surface area contributed by atoms with Gasteiger partial charge in [-0.05, 0) is 25.5 Å². The highest BCUT2D eigenvalue weighted by Crippen LogP contribution is 2.22. The summed E-state index contributed by atoms with van der Waals surface area (Å²) in [5.41, 5.74) is 1.43. The molecule has 5 nitrogen and oxygen atoms in total. The summed E-state index contributed by atoms with van der Waals surface area (Å²) in [6.45, 7) is 4.48. The molecular formula is C13H14N2O3. The van der Waals surface area contributed by atoms with E-state index in [4.69, 9.17) is 9.84 Å². The standard InChI is InChI=1S/C13H14N2O3/c1-3-4-18-11-6-9-5-10(13(16)17)7-14-12(9)15-8(11)2/h5-7H,3-4H2,1-2H3,(H,16,17). The SMILES string of the molecule is CCCOc1cc2cc(C(=O)O)cnc2nc1C. The van der Waals surface area contributed by atoms with Crippen molar-refractivity contribution >= 4 is 17.0 Å². The Morgan fingerprint density at radius 1 is 1.44 bits per heavy atom. The summed E-state index contributed by atoms with van der Waals surface area (Å²) in [5.74, 6) is -0.324. The van der Waals surface area contributed by atoms with Crippen LogP contribution >= 0.6 is 0 Å². The Hall–Kier alpha value is -2.17. The second-order valence-electron chi connectivity index (χ2n) is 4.00. The molecule has 2 aromatic heterocycles. The summed E-state index contributed by atoms with van der Waals surface area (Å²) in [4.78, 5) is 19.2. The molecule has 0 radical (unpaired) electrons. The zero-order valence-electron chi connectivity index (χ0n) is 10.3. The maximum Gasteiger partial charge on any atom is 0.337 e. The van der Waals surface area contributed by atoms with E-state index in [1.165, 1.54) is 6.20 Å². The minimum absolute atomic E-state index is 0.148. The first-order chi connectivity index (χ1) is 8.61. The molecule has 0 spiro atoms. The molecule has 5 heteroatoms. The van der Waals surface area contributed by atoms with Gasteiger partial charge >= 0.3 is 5.97 Å². The largest absolute Gasteiger partial charge is 0.492 e. The Balaban J connectivity index is 2.49. The van der Waals surface area contributed by atoms with Crippen LogP contribution in [0, 0.1) is 6.92 Å². The Morgan fingerprint density at radius 2 is 2.22 bits per heavy atom. The number of ether oxygens (including phenoxy) is 1. The molecule has 1 N–H and O–H groups in total. The molecule has 18 heavy (non-hydrogen) atoms. The summed E-state index contributed by atoms with van der Waals surface area (Å²) < 4.78 is 5.56. The summed E-state index contributed by atoms with van der Waals surface area (Å²) in [6.07, 6.45) is 2.22. The van der Waals surface area contributed by atoms with Crippen LogP contribution in [0.1, 0.15) is 29.4 Å². The molecule has 0 saturated heterocycles. The number of aromatic carboxylic acids is 1. The Kier molecular flexibility index (Phi) is 3.41. The van der Waals surface area contributed by atoms with Crippen LogP contribution in [0.15, 0.2) is 18.3 Å². The number of rotatable bonds is 4. The smallest absolute Gasteiger partial charge is 0.337 e. The van der Waals surface area contributed by atoms with Crippen molar-refractivity contribution in [3.63, 3.8) is 0 Å². The Labute approximate surface area is 104 Å². The third-order valence-electron chi connectivity index (χ3n) is 2.52. The summed E-state index contributed by atoms with van der Waals surface area (Å²) in [5, 5.41) is 9.59. The predicted molar refractivity (Wildman–Crippen MR) is 67.0 cm³/mol. The van der Waals surface area contributed by atoms with Gasteiger partial charge in [0.25, 0.3) is 0 Å². The van der Waals surface area contributed by atoms with Crippen LogP contribution in [0.25, 0.3) is 11.0 Å². The number of pyridine rings is 2. The molecule has 0 amide bonds. The third kappa shape index (κ3) is 2.40. The van der Waals surface area contributed by atoms with Gasteiger partial charge in [0, 0.05) is 11.6 Å². The molecule has 0 aromatic carbocycles. The van der Waals surface area contributed by atoms with E-state index in [0.717, 1.165) is 12.1 Å². The second-order valence-corrected chi connectivity index (χ2v) is 4.00. The van der Waals surface area contributed by atoms with Gasteiger partial charge in [-0.15, -0.1) is 0 Å². The van der Waals surface area contributed by atoms with Crippen LogP contribution in [0.5, 0.6) is 5.75 Å². The lowest BCUT2D eigenvalue weighted by Crippen LogP contribution is -2.01. The zero-order chi connectivity index (χ0) is 13.1. The molecule has 0 unspecified atom stereocenters. The first-order valence-corrected chi connectivity index (χ1v) is 5.75. The summed E-state index contributed by atoms with van der Waals surface area (Å²) >= 11 is 0. The molecule has 0 fully saturated rings. The molecule has 0 atom stereocenters. The number of carboxylic acid groups (broad SMARTS) is 1. The molecule has 2 rings (SSSR count). The van der Waals surface area contributed by atoms with Crippen molar-refractivity contribution in [2.75, 3.05) is 6.61 Å². The van der Waals surface area contributed by atoms with Gasteiger partial charge in [0.15, 0.2) is 5.65 Å². The topological polar surface area (TPSA) is 72.3 Å². The van der Waals surface area contributed by atoms with Crippen LogP contribution in [0.2, 0.25) is 0 Å². The van der Waals surface area contributed by atoms with E-state index in [1.807, 2.05) is 13.8 Å². The molecule has 0 aliphatic rings. The number of aromatic nitrogens is 2. The average molecular weight is 246 g/mol.